The number of nitrogens with zero attached hydrogens (tertiary/aromatic N) is 1. The smallest absolute Gasteiger partial charge is 0.311 e. The van der Waals surface area contributed by atoms with Crippen LogP contribution in [-0.2, 0) is 25.5 Å². The average Bonchev–Trinajstić information content (AvgIpc) is 3.47. The number of nitrogens with one attached hydrogen (secondary N) is 3. The van der Waals surface area contributed by atoms with Crippen LogP contribution in [0.25, 0.3) is 6.08 Å². The Morgan fingerprint density at radius 3 is 2.37 bits per heavy atom. The molecule has 13 heteroatoms. The molecule has 0 bridgehead atoms. The lowest BCUT2D eigenvalue weighted by molar-refractivity contribution is -0.142. The van der Waals surface area contributed by atoms with Gasteiger partial charge >= 0.3 is 5.97 Å². The summed E-state index contributed by atoms with van der Waals surface area (Å²) < 4.78 is 4.95. The normalized spacial score (nSPS) is 11.8. The van der Waals surface area contributed by atoms with E-state index in [1.165, 1.54) is 29.2 Å². The molecule has 1 heterocycles. The Hall–Kier alpha value is -4.16. The third-order valence-electron chi connectivity index (χ3n) is 6.26. The van der Waals surface area contributed by atoms with Crippen LogP contribution < -0.4 is 16.0 Å². The lowest BCUT2D eigenvalue weighted by atomic mass is 10.1. The summed E-state index contributed by atoms with van der Waals surface area (Å²) in [4.78, 5) is 56.4. The van der Waals surface area contributed by atoms with Crippen LogP contribution in [0.15, 0.2) is 88.8 Å². The molecule has 46 heavy (non-hydrogen) atoms. The fourth-order valence-corrected chi connectivity index (χ4v) is 6.29. The Kier molecular flexibility index (Phi) is 12.8. The fourth-order valence-electron chi connectivity index (χ4n) is 4.06. The first-order valence-corrected chi connectivity index (χ1v) is 16.7. The van der Waals surface area contributed by atoms with E-state index in [9.17, 15) is 19.2 Å². The minimum absolute atomic E-state index is 0.0307. The van der Waals surface area contributed by atoms with Crippen LogP contribution in [0.3, 0.4) is 0 Å². The lowest BCUT2D eigenvalue weighted by Crippen LogP contribution is -2.30. The summed E-state index contributed by atoms with van der Waals surface area (Å²) in [5.41, 5.74) is 1.63. The molecule has 0 aliphatic rings. The quantitative estimate of drug-likeness (QED) is 0.0752. The van der Waals surface area contributed by atoms with Crippen LogP contribution in [0.4, 0.5) is 10.8 Å². The average molecular weight is 698 g/mol. The van der Waals surface area contributed by atoms with Crippen LogP contribution >= 0.6 is 46.3 Å². The highest BCUT2D eigenvalue weighted by atomic mass is 35.5. The highest BCUT2D eigenvalue weighted by Gasteiger charge is 2.21. The molecule has 1 unspecified atom stereocenters. The molecule has 238 valence electrons. The first-order valence-electron chi connectivity index (χ1n) is 14.2. The van der Waals surface area contributed by atoms with Crippen LogP contribution in [0.2, 0.25) is 10.0 Å². The number of halogens is 2. The highest BCUT2D eigenvalue weighted by Crippen LogP contribution is 2.30. The largest absolute Gasteiger partial charge is 0.466 e. The summed E-state index contributed by atoms with van der Waals surface area (Å²) in [7, 11) is 0. The first-order chi connectivity index (χ1) is 22.2. The van der Waals surface area contributed by atoms with Gasteiger partial charge in [0, 0.05) is 37.1 Å². The zero-order valence-electron chi connectivity index (χ0n) is 24.8. The van der Waals surface area contributed by atoms with E-state index < -0.39 is 17.1 Å². The van der Waals surface area contributed by atoms with Crippen molar-refractivity contribution < 1.29 is 23.9 Å². The second-order valence-corrected chi connectivity index (χ2v) is 12.6. The van der Waals surface area contributed by atoms with Gasteiger partial charge in [-0.3, -0.25) is 19.2 Å². The molecule has 1 aromatic heterocycles. The van der Waals surface area contributed by atoms with E-state index in [-0.39, 0.29) is 30.6 Å². The van der Waals surface area contributed by atoms with Crippen molar-refractivity contribution in [2.24, 2.45) is 0 Å². The summed E-state index contributed by atoms with van der Waals surface area (Å²) in [5, 5.41) is 10.6. The SMILES string of the molecule is CCOC(=O)Cc1csc(NC(=O)C(CC)Sc2cccc(NC(=O)/C(=C\c3c(Cl)cccc3Cl)NC(=O)c3ccccc3)c2)n1. The van der Waals surface area contributed by atoms with Gasteiger partial charge in [0.05, 0.1) is 24.0 Å². The van der Waals surface area contributed by atoms with Gasteiger partial charge in [0.15, 0.2) is 5.13 Å². The molecule has 0 spiro atoms. The summed E-state index contributed by atoms with van der Waals surface area (Å²) in [5.74, 6) is -1.72. The topological polar surface area (TPSA) is 126 Å². The second-order valence-electron chi connectivity index (χ2n) is 9.63. The second kappa shape index (κ2) is 17.0. The standard InChI is InChI=1S/C33H30Cl2N4O5S2/c1-3-28(32(43)39-33-37-22(19-45-33)17-29(40)44-4-2)46-23-13-8-12-21(16-23)36-31(42)27(18-24-25(34)14-9-15-26(24)35)38-30(41)20-10-6-5-7-11-20/h5-16,18-19,28H,3-4,17H2,1-2H3,(H,36,42)(H,38,41)(H,37,39,43)/b27-18+. The first kappa shape index (κ1) is 34.7. The van der Waals surface area contributed by atoms with E-state index in [4.69, 9.17) is 27.9 Å². The molecule has 0 aliphatic heterocycles. The number of anilines is 2. The van der Waals surface area contributed by atoms with E-state index >= 15 is 0 Å². The summed E-state index contributed by atoms with van der Waals surface area (Å²) in [6, 6.07) is 20.4. The van der Waals surface area contributed by atoms with Gasteiger partial charge in [0.1, 0.15) is 5.70 Å². The van der Waals surface area contributed by atoms with Crippen molar-refractivity contribution in [2.45, 2.75) is 36.8 Å². The van der Waals surface area contributed by atoms with Gasteiger partial charge in [-0.15, -0.1) is 23.1 Å². The van der Waals surface area contributed by atoms with Crippen molar-refractivity contribution in [2.75, 3.05) is 17.2 Å². The molecule has 9 nitrogen and oxygen atoms in total. The molecule has 1 atom stereocenters. The zero-order valence-corrected chi connectivity index (χ0v) is 28.0. The molecular formula is C33H30Cl2N4O5S2. The Morgan fingerprint density at radius 2 is 1.67 bits per heavy atom. The molecule has 0 fully saturated rings. The minimum Gasteiger partial charge on any atom is -0.466 e. The van der Waals surface area contributed by atoms with Gasteiger partial charge in [-0.2, -0.15) is 0 Å². The maximum atomic E-state index is 13.5. The Balaban J connectivity index is 1.47. The van der Waals surface area contributed by atoms with Crippen molar-refractivity contribution in [3.05, 3.63) is 111 Å². The van der Waals surface area contributed by atoms with Crippen LogP contribution in [0.1, 0.15) is 41.9 Å². The molecule has 0 radical (unpaired) electrons. The Bertz CT molecular complexity index is 1730. The minimum atomic E-state index is -0.602. The van der Waals surface area contributed by atoms with E-state index in [0.29, 0.717) is 44.1 Å². The molecular weight excluding hydrogens is 667 g/mol. The summed E-state index contributed by atoms with van der Waals surface area (Å²) in [6.45, 7) is 3.91. The van der Waals surface area contributed by atoms with E-state index in [0.717, 1.165) is 4.90 Å². The fraction of sp³-hybridized carbons (Fsp3) is 0.182. The molecule has 3 N–H and O–H groups in total. The number of thioether (sulfide) groups is 1. The number of esters is 1. The lowest BCUT2D eigenvalue weighted by Gasteiger charge is -2.15. The number of aromatic nitrogens is 1. The number of thiazole rings is 1. The zero-order chi connectivity index (χ0) is 33.1. The number of carbonyl (C=O) groups is 4. The summed E-state index contributed by atoms with van der Waals surface area (Å²) >= 11 is 15.3. The third kappa shape index (κ3) is 9.92. The number of benzene rings is 3. The number of ether oxygens (including phenoxy) is 1. The molecule has 0 saturated carbocycles. The van der Waals surface area contributed by atoms with Crippen LogP contribution in [0, 0.1) is 0 Å². The predicted molar refractivity (Wildman–Crippen MR) is 184 cm³/mol. The maximum absolute atomic E-state index is 13.5. The van der Waals surface area contributed by atoms with Crippen molar-refractivity contribution in [1.82, 2.24) is 10.3 Å². The highest BCUT2D eigenvalue weighted by molar-refractivity contribution is 8.00. The van der Waals surface area contributed by atoms with E-state index in [1.807, 2.05) is 13.0 Å². The van der Waals surface area contributed by atoms with Crippen molar-refractivity contribution >= 4 is 86.9 Å². The van der Waals surface area contributed by atoms with Gasteiger partial charge in [-0.25, -0.2) is 4.98 Å². The predicted octanol–water partition coefficient (Wildman–Crippen LogP) is 7.47. The Morgan fingerprint density at radius 1 is 0.957 bits per heavy atom. The van der Waals surface area contributed by atoms with Gasteiger partial charge in [-0.05, 0) is 61.9 Å². The third-order valence-corrected chi connectivity index (χ3v) is 9.09. The molecule has 0 saturated heterocycles. The number of hydrogen-bond acceptors (Lipinski definition) is 8. The van der Waals surface area contributed by atoms with Gasteiger partial charge in [0.25, 0.3) is 11.8 Å². The summed E-state index contributed by atoms with van der Waals surface area (Å²) in [6.07, 6.45) is 1.97. The van der Waals surface area contributed by atoms with E-state index in [1.54, 1.807) is 79.0 Å². The monoisotopic (exact) mass is 696 g/mol. The van der Waals surface area contributed by atoms with Gasteiger partial charge in [0.2, 0.25) is 5.91 Å². The molecule has 3 aromatic carbocycles. The molecule has 3 amide bonds. The van der Waals surface area contributed by atoms with Gasteiger partial charge in [-0.1, -0.05) is 60.5 Å². The van der Waals surface area contributed by atoms with Crippen LogP contribution in [0.5, 0.6) is 0 Å². The number of hydrogen-bond donors (Lipinski definition) is 3. The number of carbonyl (C=O) groups excluding carboxylic acids is 4. The van der Waals surface area contributed by atoms with Crippen molar-refractivity contribution in [3.63, 3.8) is 0 Å². The molecule has 0 aliphatic carbocycles. The van der Waals surface area contributed by atoms with Crippen molar-refractivity contribution in [1.29, 1.82) is 0 Å². The maximum Gasteiger partial charge on any atom is 0.311 e. The van der Waals surface area contributed by atoms with Crippen LogP contribution in [-0.4, -0.2) is 40.5 Å². The van der Waals surface area contributed by atoms with Gasteiger partial charge < -0.3 is 20.7 Å². The molecule has 4 rings (SSSR count). The molecule has 4 aromatic rings. The van der Waals surface area contributed by atoms with E-state index in [2.05, 4.69) is 20.9 Å². The number of amides is 3. The van der Waals surface area contributed by atoms with Crippen molar-refractivity contribution in [3.8, 4) is 0 Å². The number of rotatable bonds is 13. The Labute approximate surface area is 284 Å².